The topological polar surface area (TPSA) is 101 Å². The van der Waals surface area contributed by atoms with Crippen molar-refractivity contribution in [3.63, 3.8) is 0 Å². The highest BCUT2D eigenvalue weighted by Gasteiger charge is 2.30. The lowest BCUT2D eigenvalue weighted by atomic mass is 9.94. The molecular weight excluding hydrogens is 554 g/mol. The van der Waals surface area contributed by atoms with Crippen LogP contribution in [0.3, 0.4) is 0 Å². The number of carbonyl (C=O) groups is 3. The van der Waals surface area contributed by atoms with E-state index in [9.17, 15) is 4.79 Å². The summed E-state index contributed by atoms with van der Waals surface area (Å²) in [5, 5.41) is 15.5. The highest BCUT2D eigenvalue weighted by atomic mass is 35.5. The van der Waals surface area contributed by atoms with Gasteiger partial charge in [0.2, 0.25) is 5.91 Å². The van der Waals surface area contributed by atoms with E-state index in [0.717, 1.165) is 63.6 Å². The third kappa shape index (κ3) is 8.64. The summed E-state index contributed by atoms with van der Waals surface area (Å²) >= 11 is 6.10. The molecule has 0 saturated carbocycles. The lowest BCUT2D eigenvalue weighted by Crippen LogP contribution is -2.48. The van der Waals surface area contributed by atoms with Crippen LogP contribution in [0.4, 0.5) is 0 Å². The van der Waals surface area contributed by atoms with Crippen LogP contribution in [0.25, 0.3) is 0 Å². The first kappa shape index (κ1) is 31.2. The van der Waals surface area contributed by atoms with Crippen LogP contribution in [0.2, 0.25) is 5.02 Å². The fourth-order valence-corrected chi connectivity index (χ4v) is 5.95. The van der Waals surface area contributed by atoms with E-state index in [4.69, 9.17) is 31.4 Å². The summed E-state index contributed by atoms with van der Waals surface area (Å²) in [6.07, 6.45) is 3.68. The molecule has 42 heavy (non-hydrogen) atoms. The number of hydrogen-bond acceptors (Lipinski definition) is 5. The fraction of sp³-hybridized carbons (Fsp3) is 0.364. The maximum atomic E-state index is 12.8. The second kappa shape index (κ2) is 15.5. The summed E-state index contributed by atoms with van der Waals surface area (Å²) < 4.78 is 0. The van der Waals surface area contributed by atoms with Crippen molar-refractivity contribution >= 4 is 29.4 Å². The molecule has 2 N–H and O–H groups in total. The number of carboxylic acid groups (broad SMARTS) is 2. The molecule has 1 amide bonds. The molecule has 2 saturated heterocycles. The molecule has 8 nitrogen and oxygen atoms in total. The number of likely N-dealkylation sites (tertiary alicyclic amines) is 1. The number of nitrogens with zero attached hydrogens (tertiary/aromatic N) is 3. The van der Waals surface area contributed by atoms with E-state index < -0.39 is 11.9 Å². The van der Waals surface area contributed by atoms with Gasteiger partial charge in [-0.1, -0.05) is 84.4 Å². The van der Waals surface area contributed by atoms with Gasteiger partial charge in [0.05, 0.1) is 12.1 Å². The Morgan fingerprint density at radius 3 is 1.86 bits per heavy atom. The van der Waals surface area contributed by atoms with Crippen molar-refractivity contribution in [2.45, 2.75) is 37.8 Å². The number of halogens is 1. The smallest absolute Gasteiger partial charge is 0.414 e. The van der Waals surface area contributed by atoms with E-state index in [-0.39, 0.29) is 6.04 Å². The molecule has 1 atom stereocenters. The van der Waals surface area contributed by atoms with Gasteiger partial charge in [-0.15, -0.1) is 0 Å². The quantitative estimate of drug-likeness (QED) is 0.341. The summed E-state index contributed by atoms with van der Waals surface area (Å²) in [6, 6.07) is 30.2. The molecule has 9 heteroatoms. The number of carboxylic acids is 2. The zero-order valence-electron chi connectivity index (χ0n) is 23.6. The predicted molar refractivity (Wildman–Crippen MR) is 162 cm³/mol. The molecule has 1 unspecified atom stereocenters. The van der Waals surface area contributed by atoms with Crippen molar-refractivity contribution in [2.24, 2.45) is 0 Å². The summed E-state index contributed by atoms with van der Waals surface area (Å²) in [5.74, 6) is -3.36. The van der Waals surface area contributed by atoms with Crippen molar-refractivity contribution in [3.05, 3.63) is 107 Å². The summed E-state index contributed by atoms with van der Waals surface area (Å²) in [4.78, 5) is 38.3. The highest BCUT2D eigenvalue weighted by molar-refractivity contribution is 6.30. The minimum Gasteiger partial charge on any atom is -0.473 e. The summed E-state index contributed by atoms with van der Waals surface area (Å²) in [7, 11) is 0. The van der Waals surface area contributed by atoms with Crippen LogP contribution >= 0.6 is 11.6 Å². The number of piperidine rings is 1. The van der Waals surface area contributed by atoms with Crippen LogP contribution < -0.4 is 0 Å². The monoisotopic (exact) mass is 591 g/mol. The minimum absolute atomic E-state index is 0.179. The molecular formula is C33H38ClN3O5. The SMILES string of the molecule is O=C(O)C(=O)O.O=C1CCCC(c2ccc(Cl)cc2)N1CCCN1CCN(C(c2ccccc2)c2ccccc2)CC1. The maximum absolute atomic E-state index is 12.8. The van der Waals surface area contributed by atoms with Crippen molar-refractivity contribution in [3.8, 4) is 0 Å². The normalized spacial score (nSPS) is 17.9. The van der Waals surface area contributed by atoms with E-state index in [1.807, 2.05) is 12.1 Å². The van der Waals surface area contributed by atoms with Crippen LogP contribution in [0, 0.1) is 0 Å². The van der Waals surface area contributed by atoms with E-state index in [1.165, 1.54) is 16.7 Å². The van der Waals surface area contributed by atoms with Gasteiger partial charge in [0.1, 0.15) is 0 Å². The van der Waals surface area contributed by atoms with Crippen molar-refractivity contribution in [1.82, 2.24) is 14.7 Å². The zero-order chi connectivity index (χ0) is 29.9. The van der Waals surface area contributed by atoms with Crippen LogP contribution in [0.1, 0.15) is 54.5 Å². The molecule has 2 fully saturated rings. The summed E-state index contributed by atoms with van der Waals surface area (Å²) in [5.41, 5.74) is 3.91. The predicted octanol–water partition coefficient (Wildman–Crippen LogP) is 5.35. The van der Waals surface area contributed by atoms with E-state index in [0.29, 0.717) is 18.4 Å². The van der Waals surface area contributed by atoms with Gasteiger partial charge >= 0.3 is 11.9 Å². The number of rotatable bonds is 8. The van der Waals surface area contributed by atoms with E-state index in [1.54, 1.807) is 0 Å². The van der Waals surface area contributed by atoms with Gasteiger partial charge < -0.3 is 20.0 Å². The molecule has 3 aromatic carbocycles. The van der Waals surface area contributed by atoms with Gasteiger partial charge in [-0.2, -0.15) is 0 Å². The Morgan fingerprint density at radius 2 is 1.33 bits per heavy atom. The van der Waals surface area contributed by atoms with Crippen LogP contribution in [-0.2, 0) is 14.4 Å². The van der Waals surface area contributed by atoms with Gasteiger partial charge in [-0.05, 0) is 54.6 Å². The van der Waals surface area contributed by atoms with E-state index in [2.05, 4.69) is 87.5 Å². The first-order valence-electron chi connectivity index (χ1n) is 14.4. The Balaban J connectivity index is 0.000000612. The van der Waals surface area contributed by atoms with Crippen LogP contribution in [-0.4, -0.2) is 82.0 Å². The Morgan fingerprint density at radius 1 is 0.786 bits per heavy atom. The average Bonchev–Trinajstić information content (AvgIpc) is 3.01. The third-order valence-electron chi connectivity index (χ3n) is 7.88. The molecule has 0 aliphatic carbocycles. The second-order valence-corrected chi connectivity index (χ2v) is 11.0. The fourth-order valence-electron chi connectivity index (χ4n) is 5.83. The molecule has 222 valence electrons. The van der Waals surface area contributed by atoms with E-state index >= 15 is 0 Å². The van der Waals surface area contributed by atoms with Gasteiger partial charge in [-0.25, -0.2) is 9.59 Å². The van der Waals surface area contributed by atoms with Crippen LogP contribution in [0.15, 0.2) is 84.9 Å². The lowest BCUT2D eigenvalue weighted by Gasteiger charge is -2.40. The Kier molecular flexibility index (Phi) is 11.5. The number of benzene rings is 3. The first-order chi connectivity index (χ1) is 20.3. The van der Waals surface area contributed by atoms with Crippen molar-refractivity contribution in [2.75, 3.05) is 39.3 Å². The Bertz CT molecular complexity index is 1250. The molecule has 0 aromatic heterocycles. The van der Waals surface area contributed by atoms with Gasteiger partial charge in [0.15, 0.2) is 0 Å². The number of amides is 1. The minimum atomic E-state index is -1.82. The number of hydrogen-bond donors (Lipinski definition) is 2. The van der Waals surface area contributed by atoms with Gasteiger partial charge in [0, 0.05) is 44.2 Å². The molecule has 2 aliphatic heterocycles. The molecule has 0 radical (unpaired) electrons. The molecule has 3 aromatic rings. The lowest BCUT2D eigenvalue weighted by molar-refractivity contribution is -0.159. The highest BCUT2D eigenvalue weighted by Crippen LogP contribution is 2.33. The molecule has 2 heterocycles. The number of aliphatic carboxylic acids is 2. The zero-order valence-corrected chi connectivity index (χ0v) is 24.4. The number of carbonyl (C=O) groups excluding carboxylic acids is 1. The van der Waals surface area contributed by atoms with Crippen molar-refractivity contribution in [1.29, 1.82) is 0 Å². The third-order valence-corrected chi connectivity index (χ3v) is 8.13. The molecule has 5 rings (SSSR count). The second-order valence-electron chi connectivity index (χ2n) is 10.6. The average molecular weight is 592 g/mol. The van der Waals surface area contributed by atoms with Crippen LogP contribution in [0.5, 0.6) is 0 Å². The Hall–Kier alpha value is -3.72. The summed E-state index contributed by atoms with van der Waals surface area (Å²) in [6.45, 7) is 6.07. The molecule has 2 aliphatic rings. The molecule has 0 bridgehead atoms. The number of piperazine rings is 1. The maximum Gasteiger partial charge on any atom is 0.414 e. The largest absolute Gasteiger partial charge is 0.473 e. The first-order valence-corrected chi connectivity index (χ1v) is 14.8. The Labute approximate surface area is 252 Å². The van der Waals surface area contributed by atoms with Gasteiger partial charge in [0.25, 0.3) is 0 Å². The standard InChI is InChI=1S/C31H36ClN3O.C2H2O4/c32-28-17-15-25(16-18-28)29-13-7-14-30(36)35(29)20-8-19-33-21-23-34(24-22-33)31(26-9-3-1-4-10-26)27-11-5-2-6-12-27;3-1(4)2(5)6/h1-6,9-12,15-18,29,31H,7-8,13-14,19-24H2;(H,3,4)(H,5,6). The van der Waals surface area contributed by atoms with Crippen molar-refractivity contribution < 1.29 is 24.6 Å². The molecule has 0 spiro atoms. The van der Waals surface area contributed by atoms with Gasteiger partial charge in [-0.3, -0.25) is 9.69 Å².